The normalized spacial score (nSPS) is 13.6. The first-order valence-electron chi connectivity index (χ1n) is 7.02. The average molecular weight is 287 g/mol. The monoisotopic (exact) mass is 287 g/mol. The second-order valence-electron chi connectivity index (χ2n) is 7.03. The number of esters is 1. The van der Waals surface area contributed by atoms with Gasteiger partial charge in [0, 0.05) is 12.5 Å². The van der Waals surface area contributed by atoms with E-state index in [2.05, 4.69) is 10.1 Å². The Morgan fingerprint density at radius 3 is 2.05 bits per heavy atom. The van der Waals surface area contributed by atoms with E-state index in [1.165, 1.54) is 7.11 Å². The number of amides is 1. The lowest BCUT2D eigenvalue weighted by atomic mass is 9.84. The molecule has 0 unspecified atom stereocenters. The second-order valence-corrected chi connectivity index (χ2v) is 7.03. The summed E-state index contributed by atoms with van der Waals surface area (Å²) in [5.74, 6) is -0.227. The van der Waals surface area contributed by atoms with Crippen LogP contribution in [0.3, 0.4) is 0 Å². The van der Waals surface area contributed by atoms with Crippen LogP contribution in [-0.2, 0) is 14.3 Å². The van der Waals surface area contributed by atoms with E-state index >= 15 is 0 Å². The van der Waals surface area contributed by atoms with E-state index in [-0.39, 0.29) is 17.4 Å². The fourth-order valence-electron chi connectivity index (χ4n) is 1.72. The van der Waals surface area contributed by atoms with Gasteiger partial charge in [0.1, 0.15) is 5.60 Å². The highest BCUT2D eigenvalue weighted by Crippen LogP contribution is 2.24. The lowest BCUT2D eigenvalue weighted by molar-refractivity contribution is -0.140. The Hall–Kier alpha value is -1.26. The topological polar surface area (TPSA) is 64.6 Å². The first-order chi connectivity index (χ1) is 8.95. The number of carbonyl (C=O) groups is 2. The van der Waals surface area contributed by atoms with E-state index in [1.54, 1.807) is 0 Å². The van der Waals surface area contributed by atoms with E-state index in [9.17, 15) is 9.59 Å². The van der Waals surface area contributed by atoms with E-state index in [4.69, 9.17) is 4.74 Å². The summed E-state index contributed by atoms with van der Waals surface area (Å²) in [6, 6.07) is -0.0537. The molecule has 0 aromatic carbocycles. The molecule has 5 nitrogen and oxygen atoms in total. The number of nitrogens with one attached hydrogen (secondary N) is 1. The van der Waals surface area contributed by atoms with Crippen molar-refractivity contribution in [1.82, 2.24) is 5.32 Å². The van der Waals surface area contributed by atoms with E-state index in [0.717, 1.165) is 0 Å². The molecule has 118 valence electrons. The molecule has 20 heavy (non-hydrogen) atoms. The van der Waals surface area contributed by atoms with Crippen molar-refractivity contribution in [2.45, 2.75) is 72.4 Å². The van der Waals surface area contributed by atoms with E-state index in [0.29, 0.717) is 19.3 Å². The Morgan fingerprint density at radius 2 is 1.65 bits per heavy atom. The van der Waals surface area contributed by atoms with E-state index in [1.807, 2.05) is 41.5 Å². The molecular weight excluding hydrogens is 258 g/mol. The number of ether oxygens (including phenoxy) is 2. The third-order valence-corrected chi connectivity index (χ3v) is 2.84. The maximum atomic E-state index is 11.8. The van der Waals surface area contributed by atoms with Gasteiger partial charge in [-0.15, -0.1) is 0 Å². The number of carbonyl (C=O) groups excluding carboxylic acids is 2. The summed E-state index contributed by atoms with van der Waals surface area (Å²) in [6.45, 7) is 11.6. The number of rotatable bonds is 5. The summed E-state index contributed by atoms with van der Waals surface area (Å²) in [5.41, 5.74) is -0.619. The fourth-order valence-corrected chi connectivity index (χ4v) is 1.72. The van der Waals surface area contributed by atoms with Gasteiger partial charge in [0.25, 0.3) is 0 Å². The van der Waals surface area contributed by atoms with Crippen molar-refractivity contribution in [2.24, 2.45) is 5.41 Å². The van der Waals surface area contributed by atoms with Crippen LogP contribution in [0.5, 0.6) is 0 Å². The molecule has 1 atom stereocenters. The minimum absolute atomic E-state index is 0.0537. The van der Waals surface area contributed by atoms with Crippen molar-refractivity contribution in [3.8, 4) is 0 Å². The molecule has 0 fully saturated rings. The van der Waals surface area contributed by atoms with Crippen LogP contribution in [0.15, 0.2) is 0 Å². The molecule has 0 heterocycles. The van der Waals surface area contributed by atoms with Crippen LogP contribution >= 0.6 is 0 Å². The highest BCUT2D eigenvalue weighted by Gasteiger charge is 2.28. The molecular formula is C15H29NO4. The minimum Gasteiger partial charge on any atom is -0.469 e. The Labute approximate surface area is 122 Å². The van der Waals surface area contributed by atoms with Crippen molar-refractivity contribution in [1.29, 1.82) is 0 Å². The molecule has 0 spiro atoms. The van der Waals surface area contributed by atoms with Gasteiger partial charge in [0.2, 0.25) is 0 Å². The van der Waals surface area contributed by atoms with Crippen molar-refractivity contribution in [2.75, 3.05) is 7.11 Å². The highest BCUT2D eigenvalue weighted by atomic mass is 16.6. The quantitative estimate of drug-likeness (QED) is 0.788. The zero-order valence-electron chi connectivity index (χ0n) is 13.8. The lowest BCUT2D eigenvalue weighted by Crippen LogP contribution is -2.45. The maximum Gasteiger partial charge on any atom is 0.407 e. The predicted molar refractivity (Wildman–Crippen MR) is 78.5 cm³/mol. The van der Waals surface area contributed by atoms with Gasteiger partial charge in [0.15, 0.2) is 0 Å². The maximum absolute atomic E-state index is 11.8. The standard InChI is InChI=1S/C15H29NO4/c1-14(2,3)11(9-8-10-12(17)19-7)16-13(18)20-15(4,5)6/h11H,8-10H2,1-7H3,(H,16,18)/t11-/m1/s1. The highest BCUT2D eigenvalue weighted by molar-refractivity contribution is 5.69. The molecule has 5 heteroatoms. The van der Waals surface area contributed by atoms with Crippen LogP contribution in [0.2, 0.25) is 0 Å². The molecule has 0 radical (unpaired) electrons. The van der Waals surface area contributed by atoms with Gasteiger partial charge in [-0.1, -0.05) is 20.8 Å². The van der Waals surface area contributed by atoms with Crippen molar-refractivity contribution < 1.29 is 19.1 Å². The Balaban J connectivity index is 4.44. The first-order valence-corrected chi connectivity index (χ1v) is 7.02. The van der Waals surface area contributed by atoms with Crippen LogP contribution in [0.4, 0.5) is 4.79 Å². The van der Waals surface area contributed by atoms with Crippen molar-refractivity contribution >= 4 is 12.1 Å². The molecule has 0 rings (SSSR count). The van der Waals surface area contributed by atoms with Gasteiger partial charge in [-0.25, -0.2) is 4.79 Å². The third kappa shape index (κ3) is 8.77. The van der Waals surface area contributed by atoms with Gasteiger partial charge in [0.05, 0.1) is 7.11 Å². The van der Waals surface area contributed by atoms with Gasteiger partial charge in [-0.3, -0.25) is 4.79 Å². The third-order valence-electron chi connectivity index (χ3n) is 2.84. The summed E-state index contributed by atoms with van der Waals surface area (Å²) in [7, 11) is 1.38. The Morgan fingerprint density at radius 1 is 1.10 bits per heavy atom. The summed E-state index contributed by atoms with van der Waals surface area (Å²) >= 11 is 0. The zero-order chi connectivity index (χ0) is 16.0. The number of hydrogen-bond acceptors (Lipinski definition) is 4. The van der Waals surface area contributed by atoms with E-state index < -0.39 is 11.7 Å². The Bertz CT molecular complexity index is 326. The summed E-state index contributed by atoms with van der Waals surface area (Å²) < 4.78 is 9.88. The van der Waals surface area contributed by atoms with Crippen LogP contribution < -0.4 is 5.32 Å². The zero-order valence-corrected chi connectivity index (χ0v) is 13.8. The molecule has 0 aliphatic rings. The molecule has 0 aromatic heterocycles. The molecule has 0 saturated heterocycles. The number of methoxy groups -OCH3 is 1. The smallest absolute Gasteiger partial charge is 0.407 e. The van der Waals surface area contributed by atoms with Gasteiger partial charge in [-0.05, 0) is 39.0 Å². The number of hydrogen-bond donors (Lipinski definition) is 1. The summed E-state index contributed by atoms with van der Waals surface area (Å²) in [6.07, 6.45) is 1.32. The van der Waals surface area contributed by atoms with Gasteiger partial charge >= 0.3 is 12.1 Å². The van der Waals surface area contributed by atoms with Crippen LogP contribution in [-0.4, -0.2) is 30.8 Å². The van der Waals surface area contributed by atoms with Gasteiger partial charge < -0.3 is 14.8 Å². The van der Waals surface area contributed by atoms with Gasteiger partial charge in [-0.2, -0.15) is 0 Å². The molecule has 0 aliphatic heterocycles. The second kappa shape index (κ2) is 7.50. The lowest BCUT2D eigenvalue weighted by Gasteiger charge is -2.32. The van der Waals surface area contributed by atoms with Crippen LogP contribution in [0.1, 0.15) is 60.8 Å². The average Bonchev–Trinajstić information content (AvgIpc) is 2.23. The molecule has 0 aromatic rings. The number of alkyl carbamates (subject to hydrolysis) is 1. The predicted octanol–water partition coefficient (Wildman–Crippen LogP) is 3.27. The van der Waals surface area contributed by atoms with Crippen LogP contribution in [0, 0.1) is 5.41 Å². The molecule has 0 bridgehead atoms. The summed E-state index contributed by atoms with van der Waals surface area (Å²) in [5, 5.41) is 2.89. The van der Waals surface area contributed by atoms with Crippen molar-refractivity contribution in [3.63, 3.8) is 0 Å². The fraction of sp³-hybridized carbons (Fsp3) is 0.867. The molecule has 0 saturated carbocycles. The minimum atomic E-state index is -0.515. The molecule has 1 amide bonds. The largest absolute Gasteiger partial charge is 0.469 e. The molecule has 0 aliphatic carbocycles. The van der Waals surface area contributed by atoms with Crippen LogP contribution in [0.25, 0.3) is 0 Å². The SMILES string of the molecule is COC(=O)CCC[C@@H](NC(=O)OC(C)(C)C)C(C)(C)C. The molecule has 1 N–H and O–H groups in total. The summed E-state index contributed by atoms with van der Waals surface area (Å²) in [4.78, 5) is 23.0. The first kappa shape index (κ1) is 18.7. The van der Waals surface area contributed by atoms with Crippen molar-refractivity contribution in [3.05, 3.63) is 0 Å². The Kier molecular flexibility index (Phi) is 7.03.